The molecule has 0 atom stereocenters. The van der Waals surface area contributed by atoms with Crippen molar-refractivity contribution < 1.29 is 32.5 Å². The van der Waals surface area contributed by atoms with Gasteiger partial charge in [-0.3, -0.25) is 0 Å². The molecule has 4 aromatic rings. The largest absolute Gasteiger partial charge is 0.493 e. The van der Waals surface area contributed by atoms with Gasteiger partial charge in [0.05, 0.1) is 38.0 Å². The summed E-state index contributed by atoms with van der Waals surface area (Å²) in [5.74, 6) is -0.628. The van der Waals surface area contributed by atoms with Crippen LogP contribution >= 0.6 is 0 Å². The fourth-order valence-corrected chi connectivity index (χ4v) is 3.24. The van der Waals surface area contributed by atoms with E-state index in [1.54, 1.807) is 24.4 Å². The lowest BCUT2D eigenvalue weighted by atomic mass is 10.1. The summed E-state index contributed by atoms with van der Waals surface area (Å²) >= 11 is 0. The van der Waals surface area contributed by atoms with Gasteiger partial charge in [-0.05, 0) is 42.5 Å². The van der Waals surface area contributed by atoms with Crippen molar-refractivity contribution in [1.29, 1.82) is 0 Å². The lowest BCUT2D eigenvalue weighted by Gasteiger charge is -2.12. The molecule has 0 aliphatic heterocycles. The van der Waals surface area contributed by atoms with E-state index in [1.165, 1.54) is 43.2 Å². The first kappa shape index (κ1) is 21.9. The van der Waals surface area contributed by atoms with Gasteiger partial charge in [0.15, 0.2) is 17.2 Å². The number of rotatable bonds is 6. The summed E-state index contributed by atoms with van der Waals surface area (Å²) in [5.41, 5.74) is -0.460. The molecule has 0 saturated carbocycles. The van der Waals surface area contributed by atoms with E-state index >= 15 is 0 Å². The van der Waals surface area contributed by atoms with E-state index < -0.39 is 23.4 Å². The first-order valence-electron chi connectivity index (χ1n) is 9.37. The second-order valence-corrected chi connectivity index (χ2v) is 6.76. The highest BCUT2D eigenvalue weighted by Gasteiger charge is 2.40. The molecule has 0 bridgehead atoms. The van der Waals surface area contributed by atoms with Crippen LogP contribution in [0.25, 0.3) is 22.6 Å². The molecule has 1 N–H and O–H groups in total. The molecule has 9 nitrogen and oxygen atoms in total. The van der Waals surface area contributed by atoms with Crippen LogP contribution in [-0.2, 0) is 6.18 Å². The van der Waals surface area contributed by atoms with E-state index in [1.807, 2.05) is 0 Å². The molecule has 170 valence electrons. The van der Waals surface area contributed by atoms with Gasteiger partial charge in [-0.2, -0.15) is 18.3 Å². The van der Waals surface area contributed by atoms with Crippen LogP contribution in [0.4, 0.5) is 13.2 Å². The highest BCUT2D eigenvalue weighted by atomic mass is 19.4. The Bertz CT molecular complexity index is 1310. The molecule has 2 aromatic carbocycles. The second kappa shape index (κ2) is 8.30. The summed E-state index contributed by atoms with van der Waals surface area (Å²) in [6.45, 7) is 0. The van der Waals surface area contributed by atoms with Crippen molar-refractivity contribution in [2.24, 2.45) is 0 Å². The fourth-order valence-electron chi connectivity index (χ4n) is 3.24. The highest BCUT2D eigenvalue weighted by Crippen LogP contribution is 2.34. The summed E-state index contributed by atoms with van der Waals surface area (Å²) in [6, 6.07) is 11.1. The zero-order valence-corrected chi connectivity index (χ0v) is 17.2. The van der Waals surface area contributed by atoms with Crippen LogP contribution in [0.15, 0.2) is 54.9 Å². The van der Waals surface area contributed by atoms with Crippen molar-refractivity contribution in [3.05, 3.63) is 66.1 Å². The third-order valence-corrected chi connectivity index (χ3v) is 4.80. The number of hydrogen-bond donors (Lipinski definition) is 1. The van der Waals surface area contributed by atoms with E-state index in [9.17, 15) is 18.0 Å². The maximum absolute atomic E-state index is 13.4. The Hall–Kier alpha value is -4.35. The standard InChI is InChI=1S/C21H16F3N5O4/c1-32-17-8-3-12(9-18(17)33-2)16-11-28(27-26-16)13-4-6-14(7-5-13)29-19(21(22,23)24)15(10-25-29)20(30)31/h3-11H,1-2H3,(H,30,31). The number of aromatic nitrogens is 5. The number of carboxylic acids is 1. The minimum Gasteiger partial charge on any atom is -0.493 e. The number of ether oxygens (including phenoxy) is 2. The number of methoxy groups -OCH3 is 2. The SMILES string of the molecule is COc1ccc(-c2cn(-c3ccc(-n4ncc(C(=O)O)c4C(F)(F)F)cc3)nn2)cc1OC. The van der Waals surface area contributed by atoms with E-state index in [0.29, 0.717) is 33.8 Å². The molecule has 0 amide bonds. The number of carbonyl (C=O) groups is 1. The van der Waals surface area contributed by atoms with Crippen LogP contribution < -0.4 is 9.47 Å². The Balaban J connectivity index is 1.65. The van der Waals surface area contributed by atoms with Gasteiger partial charge in [0.25, 0.3) is 0 Å². The summed E-state index contributed by atoms with van der Waals surface area (Å²) < 4.78 is 52.8. The van der Waals surface area contributed by atoms with E-state index in [0.717, 1.165) is 5.56 Å². The van der Waals surface area contributed by atoms with Crippen LogP contribution in [0.3, 0.4) is 0 Å². The number of aromatic carboxylic acids is 1. The van der Waals surface area contributed by atoms with Gasteiger partial charge >= 0.3 is 12.1 Å². The molecule has 4 rings (SSSR count). The first-order chi connectivity index (χ1) is 15.7. The van der Waals surface area contributed by atoms with E-state index in [-0.39, 0.29) is 5.69 Å². The predicted octanol–water partition coefficient (Wildman–Crippen LogP) is 3.85. The van der Waals surface area contributed by atoms with Crippen molar-refractivity contribution in [2.75, 3.05) is 14.2 Å². The van der Waals surface area contributed by atoms with Crippen molar-refractivity contribution in [2.45, 2.75) is 6.18 Å². The summed E-state index contributed by atoms with van der Waals surface area (Å²) in [4.78, 5) is 11.2. The average Bonchev–Trinajstić information content (AvgIpc) is 3.46. The zero-order valence-electron chi connectivity index (χ0n) is 17.2. The maximum atomic E-state index is 13.4. The van der Waals surface area contributed by atoms with Crippen LogP contribution in [-0.4, -0.2) is 50.1 Å². The molecule has 12 heteroatoms. The van der Waals surface area contributed by atoms with Crippen LogP contribution in [0, 0.1) is 0 Å². The Morgan fingerprint density at radius 2 is 1.67 bits per heavy atom. The van der Waals surface area contributed by atoms with E-state index in [4.69, 9.17) is 14.6 Å². The van der Waals surface area contributed by atoms with Crippen LogP contribution in [0.1, 0.15) is 16.1 Å². The third-order valence-electron chi connectivity index (χ3n) is 4.80. The lowest BCUT2D eigenvalue weighted by molar-refractivity contribution is -0.143. The number of carboxylic acid groups (broad SMARTS) is 1. The quantitative estimate of drug-likeness (QED) is 0.467. The second-order valence-electron chi connectivity index (χ2n) is 6.76. The van der Waals surface area contributed by atoms with Crippen molar-refractivity contribution >= 4 is 5.97 Å². The predicted molar refractivity (Wildman–Crippen MR) is 109 cm³/mol. The maximum Gasteiger partial charge on any atom is 0.434 e. The van der Waals surface area contributed by atoms with Crippen LogP contribution in [0.5, 0.6) is 11.5 Å². The van der Waals surface area contributed by atoms with Gasteiger partial charge in [-0.15, -0.1) is 5.10 Å². The first-order valence-corrected chi connectivity index (χ1v) is 9.37. The Labute approximate surface area is 184 Å². The number of nitrogens with zero attached hydrogens (tertiary/aromatic N) is 5. The Morgan fingerprint density at radius 1 is 1.00 bits per heavy atom. The molecule has 33 heavy (non-hydrogen) atoms. The Morgan fingerprint density at radius 3 is 2.27 bits per heavy atom. The average molecular weight is 459 g/mol. The smallest absolute Gasteiger partial charge is 0.434 e. The van der Waals surface area contributed by atoms with Crippen molar-refractivity contribution in [3.8, 4) is 34.1 Å². The molecule has 2 aromatic heterocycles. The van der Waals surface area contributed by atoms with Crippen molar-refractivity contribution in [3.63, 3.8) is 0 Å². The molecule has 0 aliphatic rings. The van der Waals surface area contributed by atoms with Gasteiger partial charge < -0.3 is 14.6 Å². The molecular formula is C21H16F3N5O4. The monoisotopic (exact) mass is 459 g/mol. The summed E-state index contributed by atoms with van der Waals surface area (Å²) in [5, 5.41) is 20.9. The summed E-state index contributed by atoms with van der Waals surface area (Å²) in [7, 11) is 3.05. The van der Waals surface area contributed by atoms with Gasteiger partial charge in [-0.25, -0.2) is 14.2 Å². The minimum absolute atomic E-state index is 0.0406. The molecular weight excluding hydrogens is 443 g/mol. The molecule has 0 saturated heterocycles. The minimum atomic E-state index is -4.90. The Kier molecular flexibility index (Phi) is 5.50. The van der Waals surface area contributed by atoms with Gasteiger partial charge in [0.2, 0.25) is 0 Å². The highest BCUT2D eigenvalue weighted by molar-refractivity contribution is 5.89. The number of hydrogen-bond acceptors (Lipinski definition) is 6. The number of alkyl halides is 3. The molecule has 0 radical (unpaired) electrons. The van der Waals surface area contributed by atoms with E-state index in [2.05, 4.69) is 15.4 Å². The fraction of sp³-hybridized carbons (Fsp3) is 0.143. The normalized spacial score (nSPS) is 11.4. The van der Waals surface area contributed by atoms with Crippen LogP contribution in [0.2, 0.25) is 0 Å². The topological polar surface area (TPSA) is 104 Å². The lowest BCUT2D eigenvalue weighted by Crippen LogP contribution is -2.17. The molecule has 2 heterocycles. The van der Waals surface area contributed by atoms with Gasteiger partial charge in [0, 0.05) is 5.56 Å². The molecule has 0 aliphatic carbocycles. The molecule has 0 unspecified atom stereocenters. The number of benzene rings is 2. The van der Waals surface area contributed by atoms with Gasteiger partial charge in [0.1, 0.15) is 11.3 Å². The number of halogens is 3. The summed E-state index contributed by atoms with van der Waals surface area (Å²) in [6.07, 6.45) is -2.58. The van der Waals surface area contributed by atoms with Gasteiger partial charge in [-0.1, -0.05) is 5.21 Å². The third kappa shape index (κ3) is 4.10. The molecule has 0 fully saturated rings. The molecule has 0 spiro atoms. The zero-order chi connectivity index (χ0) is 23.8. The van der Waals surface area contributed by atoms with Crippen molar-refractivity contribution in [1.82, 2.24) is 24.8 Å².